The Morgan fingerprint density at radius 3 is 2.65 bits per heavy atom. The second-order valence-electron chi connectivity index (χ2n) is 4.31. The number of carbonyl (C=O) groups excluding carboxylic acids is 1. The van der Waals surface area contributed by atoms with E-state index in [4.69, 9.17) is 4.52 Å². The van der Waals surface area contributed by atoms with Gasteiger partial charge in [-0.1, -0.05) is 12.1 Å². The minimum absolute atomic E-state index is 0.0563. The Labute approximate surface area is 102 Å². The third-order valence-electron chi connectivity index (χ3n) is 2.29. The molecule has 6 nitrogen and oxygen atoms in total. The number of hydrogen-bond acceptors (Lipinski definition) is 5. The molecule has 0 radical (unpaired) electrons. The molecule has 0 aliphatic carbocycles. The lowest BCUT2D eigenvalue weighted by atomic mass is 10.3. The number of hydrogen-bond donors (Lipinski definition) is 0. The van der Waals surface area contributed by atoms with Gasteiger partial charge in [-0.3, -0.25) is 9.69 Å². The first kappa shape index (κ1) is 13.6. The molecule has 1 amide bonds. The fraction of sp³-hybridized carbons (Fsp3) is 0.727. The Balaban J connectivity index is 2.44. The Bertz CT molecular complexity index is 362. The quantitative estimate of drug-likeness (QED) is 0.726. The topological polar surface area (TPSA) is 62.5 Å². The van der Waals surface area contributed by atoms with Crippen molar-refractivity contribution in [2.24, 2.45) is 0 Å². The molecule has 0 bridgehead atoms. The van der Waals surface area contributed by atoms with E-state index in [1.807, 2.05) is 11.9 Å². The predicted molar refractivity (Wildman–Crippen MR) is 63.3 cm³/mol. The summed E-state index contributed by atoms with van der Waals surface area (Å²) in [6.07, 6.45) is 1.82. The molecule has 0 fully saturated rings. The van der Waals surface area contributed by atoms with Crippen LogP contribution in [-0.2, 0) is 17.8 Å². The van der Waals surface area contributed by atoms with E-state index < -0.39 is 0 Å². The predicted octanol–water partition coefficient (Wildman–Crippen LogP) is 0.542. The van der Waals surface area contributed by atoms with Gasteiger partial charge < -0.3 is 9.42 Å². The van der Waals surface area contributed by atoms with Crippen molar-refractivity contribution >= 4 is 5.91 Å². The first-order valence-electron chi connectivity index (χ1n) is 5.73. The lowest BCUT2D eigenvalue weighted by molar-refractivity contribution is -0.129. The zero-order chi connectivity index (χ0) is 12.8. The van der Waals surface area contributed by atoms with Crippen LogP contribution in [0, 0.1) is 0 Å². The number of aryl methyl sites for hydroxylation is 1. The first-order valence-corrected chi connectivity index (χ1v) is 5.73. The van der Waals surface area contributed by atoms with Crippen molar-refractivity contribution in [3.05, 3.63) is 11.7 Å². The summed E-state index contributed by atoms with van der Waals surface area (Å²) in [6.45, 7) is 2.91. The molecule has 96 valence electrons. The van der Waals surface area contributed by atoms with E-state index in [2.05, 4.69) is 17.1 Å². The van der Waals surface area contributed by atoms with Crippen LogP contribution in [0.25, 0.3) is 0 Å². The molecule has 0 aliphatic rings. The largest absolute Gasteiger partial charge is 0.348 e. The van der Waals surface area contributed by atoms with E-state index in [1.54, 1.807) is 19.0 Å². The summed E-state index contributed by atoms with van der Waals surface area (Å²) < 4.78 is 5.10. The standard InChI is InChI=1S/C11H20N4O2/c1-5-6-9-12-10(17-13-9)7-15(4)8-11(16)14(2)3/h5-8H2,1-4H3. The molecule has 0 saturated carbocycles. The molecule has 0 aliphatic heterocycles. The summed E-state index contributed by atoms with van der Waals surface area (Å²) in [7, 11) is 5.33. The van der Waals surface area contributed by atoms with E-state index in [0.29, 0.717) is 19.0 Å². The average Bonchev–Trinajstić information content (AvgIpc) is 2.65. The third kappa shape index (κ3) is 4.52. The van der Waals surface area contributed by atoms with Gasteiger partial charge in [-0.15, -0.1) is 0 Å². The van der Waals surface area contributed by atoms with Gasteiger partial charge >= 0.3 is 0 Å². The second kappa shape index (κ2) is 6.34. The maximum Gasteiger partial charge on any atom is 0.240 e. The zero-order valence-corrected chi connectivity index (χ0v) is 10.9. The molecule has 0 N–H and O–H groups in total. The second-order valence-corrected chi connectivity index (χ2v) is 4.31. The molecule has 17 heavy (non-hydrogen) atoms. The van der Waals surface area contributed by atoms with Gasteiger partial charge in [-0.25, -0.2) is 0 Å². The zero-order valence-electron chi connectivity index (χ0n) is 10.9. The van der Waals surface area contributed by atoms with E-state index in [1.165, 1.54) is 0 Å². The van der Waals surface area contributed by atoms with E-state index in [-0.39, 0.29) is 5.91 Å². The molecular weight excluding hydrogens is 220 g/mol. The number of amides is 1. The SMILES string of the molecule is CCCc1noc(CN(C)CC(=O)N(C)C)n1. The molecular formula is C11H20N4O2. The van der Waals surface area contributed by atoms with Crippen molar-refractivity contribution in [1.82, 2.24) is 19.9 Å². The van der Waals surface area contributed by atoms with Crippen molar-refractivity contribution in [3.8, 4) is 0 Å². The summed E-state index contributed by atoms with van der Waals surface area (Å²) in [5, 5.41) is 3.87. The molecule has 6 heteroatoms. The number of nitrogens with zero attached hydrogens (tertiary/aromatic N) is 4. The highest BCUT2D eigenvalue weighted by Gasteiger charge is 2.12. The molecule has 0 saturated heterocycles. The fourth-order valence-electron chi connectivity index (χ4n) is 1.34. The minimum Gasteiger partial charge on any atom is -0.348 e. The van der Waals surface area contributed by atoms with Crippen molar-refractivity contribution in [1.29, 1.82) is 0 Å². The summed E-state index contributed by atoms with van der Waals surface area (Å²) in [5.41, 5.74) is 0. The van der Waals surface area contributed by atoms with Crippen LogP contribution in [0.4, 0.5) is 0 Å². The van der Waals surface area contributed by atoms with Crippen molar-refractivity contribution in [3.63, 3.8) is 0 Å². The highest BCUT2D eigenvalue weighted by Crippen LogP contribution is 2.03. The van der Waals surface area contributed by atoms with Crippen LogP contribution >= 0.6 is 0 Å². The normalized spacial score (nSPS) is 10.9. The van der Waals surface area contributed by atoms with Crippen molar-refractivity contribution in [2.75, 3.05) is 27.7 Å². The first-order chi connectivity index (χ1) is 8.02. The minimum atomic E-state index is 0.0563. The Morgan fingerprint density at radius 1 is 1.35 bits per heavy atom. The van der Waals surface area contributed by atoms with Crippen molar-refractivity contribution < 1.29 is 9.32 Å². The molecule has 0 unspecified atom stereocenters. The van der Waals surface area contributed by atoms with E-state index in [9.17, 15) is 4.79 Å². The van der Waals surface area contributed by atoms with Crippen LogP contribution in [0.5, 0.6) is 0 Å². The Hall–Kier alpha value is -1.43. The molecule has 1 aromatic rings. The van der Waals surface area contributed by atoms with Gasteiger partial charge in [0.15, 0.2) is 5.82 Å². The van der Waals surface area contributed by atoms with Gasteiger partial charge in [0.2, 0.25) is 11.8 Å². The van der Waals surface area contributed by atoms with E-state index in [0.717, 1.165) is 18.7 Å². The third-order valence-corrected chi connectivity index (χ3v) is 2.29. The van der Waals surface area contributed by atoms with Crippen LogP contribution in [0.3, 0.4) is 0 Å². The monoisotopic (exact) mass is 240 g/mol. The van der Waals surface area contributed by atoms with Gasteiger partial charge in [0, 0.05) is 20.5 Å². The van der Waals surface area contributed by atoms with E-state index >= 15 is 0 Å². The summed E-state index contributed by atoms with van der Waals surface area (Å²) in [6, 6.07) is 0. The summed E-state index contributed by atoms with van der Waals surface area (Å²) in [4.78, 5) is 19.1. The number of carbonyl (C=O) groups is 1. The van der Waals surface area contributed by atoms with Crippen LogP contribution in [0.2, 0.25) is 0 Å². The highest BCUT2D eigenvalue weighted by atomic mass is 16.5. The smallest absolute Gasteiger partial charge is 0.240 e. The van der Waals surface area contributed by atoms with Gasteiger partial charge in [-0.2, -0.15) is 4.98 Å². The van der Waals surface area contributed by atoms with Gasteiger partial charge in [0.05, 0.1) is 13.1 Å². The molecule has 1 aromatic heterocycles. The van der Waals surface area contributed by atoms with Crippen LogP contribution in [-0.4, -0.2) is 53.5 Å². The lowest BCUT2D eigenvalue weighted by Gasteiger charge is -2.16. The number of rotatable bonds is 6. The number of likely N-dealkylation sites (N-methyl/N-ethyl adjacent to an activating group) is 2. The summed E-state index contributed by atoms with van der Waals surface area (Å²) >= 11 is 0. The number of aromatic nitrogens is 2. The van der Waals surface area contributed by atoms with Crippen LogP contribution in [0.1, 0.15) is 25.1 Å². The Kier molecular flexibility index (Phi) is 5.09. The average molecular weight is 240 g/mol. The van der Waals surface area contributed by atoms with Crippen LogP contribution in [0.15, 0.2) is 4.52 Å². The fourth-order valence-corrected chi connectivity index (χ4v) is 1.34. The van der Waals surface area contributed by atoms with Crippen molar-refractivity contribution in [2.45, 2.75) is 26.3 Å². The molecule has 0 aromatic carbocycles. The van der Waals surface area contributed by atoms with Gasteiger partial charge in [-0.05, 0) is 13.5 Å². The molecule has 0 atom stereocenters. The lowest BCUT2D eigenvalue weighted by Crippen LogP contribution is -2.34. The molecule has 0 spiro atoms. The van der Waals surface area contributed by atoms with Crippen LogP contribution < -0.4 is 0 Å². The molecule has 1 rings (SSSR count). The highest BCUT2D eigenvalue weighted by molar-refractivity contribution is 5.77. The summed E-state index contributed by atoms with van der Waals surface area (Å²) in [5.74, 6) is 1.35. The maximum absolute atomic E-state index is 11.5. The maximum atomic E-state index is 11.5. The molecule has 1 heterocycles. The van der Waals surface area contributed by atoms with Gasteiger partial charge in [0.1, 0.15) is 0 Å². The van der Waals surface area contributed by atoms with Gasteiger partial charge in [0.25, 0.3) is 0 Å². The Morgan fingerprint density at radius 2 is 2.06 bits per heavy atom.